The minimum Gasteiger partial charge on any atom is -0.493 e. The topological polar surface area (TPSA) is 35.0 Å². The molecule has 0 aliphatic heterocycles. The molecule has 0 bridgehead atoms. The van der Waals surface area contributed by atoms with Crippen molar-refractivity contribution in [2.24, 2.45) is 11.8 Å². The fourth-order valence-corrected chi connectivity index (χ4v) is 5.20. The lowest BCUT2D eigenvalue weighted by Crippen LogP contribution is -2.20. The van der Waals surface area contributed by atoms with Crippen LogP contribution in [0.3, 0.4) is 0 Å². The van der Waals surface area contributed by atoms with E-state index in [9.17, 15) is 0 Å². The fraction of sp³-hybridized carbons (Fsp3) is 0.677. The summed E-state index contributed by atoms with van der Waals surface area (Å²) in [4.78, 5) is 9.33. The third-order valence-electron chi connectivity index (χ3n) is 7.56. The Hall–Kier alpha value is -1.90. The molecule has 0 N–H and O–H groups in total. The Labute approximate surface area is 209 Å². The number of aromatic nitrogens is 2. The van der Waals surface area contributed by atoms with Crippen molar-refractivity contribution >= 4 is 0 Å². The Morgan fingerprint density at radius 2 is 1.35 bits per heavy atom. The van der Waals surface area contributed by atoms with E-state index >= 15 is 0 Å². The molecule has 2 aromatic rings. The Balaban J connectivity index is 1.34. The van der Waals surface area contributed by atoms with E-state index in [-0.39, 0.29) is 0 Å². The maximum Gasteiger partial charge on any atom is 0.119 e. The molecule has 188 valence electrons. The number of hydrogen-bond donors (Lipinski definition) is 0. The first kappa shape index (κ1) is 26.7. The van der Waals surface area contributed by atoms with Gasteiger partial charge in [-0.1, -0.05) is 90.9 Å². The number of nitrogens with zero attached hydrogens (tertiary/aromatic N) is 2. The summed E-state index contributed by atoms with van der Waals surface area (Å²) < 4.78 is 6.14. The highest BCUT2D eigenvalue weighted by Gasteiger charge is 2.21. The van der Waals surface area contributed by atoms with Gasteiger partial charge >= 0.3 is 0 Å². The van der Waals surface area contributed by atoms with Gasteiger partial charge in [0, 0.05) is 11.8 Å². The molecule has 0 saturated heterocycles. The van der Waals surface area contributed by atoms with Crippen LogP contribution < -0.4 is 4.74 Å². The second-order valence-corrected chi connectivity index (χ2v) is 10.5. The van der Waals surface area contributed by atoms with Gasteiger partial charge in [0.2, 0.25) is 0 Å². The van der Waals surface area contributed by atoms with Crippen molar-refractivity contribution in [1.82, 2.24) is 9.97 Å². The highest BCUT2D eigenvalue weighted by atomic mass is 16.5. The standard InChI is InChI=1S/C31H48N2O/c1-3-5-7-8-9-10-12-14-29-23-33-31(24-32-29)28-19-21-30(22-20-28)34-25-27-17-15-26(16-18-27)13-11-6-4-2/h19-24,26-27H,3-18,25H2,1-2H3. The van der Waals surface area contributed by atoms with Crippen LogP contribution in [0.4, 0.5) is 0 Å². The van der Waals surface area contributed by atoms with Gasteiger partial charge in [0.25, 0.3) is 0 Å². The molecular weight excluding hydrogens is 416 g/mol. The van der Waals surface area contributed by atoms with Crippen molar-refractivity contribution < 1.29 is 4.74 Å². The smallest absolute Gasteiger partial charge is 0.119 e. The summed E-state index contributed by atoms with van der Waals surface area (Å²) in [5.41, 5.74) is 3.16. The van der Waals surface area contributed by atoms with E-state index in [2.05, 4.69) is 48.1 Å². The van der Waals surface area contributed by atoms with Crippen LogP contribution in [0.2, 0.25) is 0 Å². The lowest BCUT2D eigenvalue weighted by molar-refractivity contribution is 0.177. The molecule has 1 aromatic carbocycles. The van der Waals surface area contributed by atoms with E-state index in [1.54, 1.807) is 0 Å². The minimum atomic E-state index is 0.719. The molecule has 34 heavy (non-hydrogen) atoms. The van der Waals surface area contributed by atoms with Crippen LogP contribution >= 0.6 is 0 Å². The van der Waals surface area contributed by atoms with Gasteiger partial charge in [-0.25, -0.2) is 0 Å². The number of unbranched alkanes of at least 4 members (excludes halogenated alkanes) is 8. The third kappa shape index (κ3) is 9.76. The van der Waals surface area contributed by atoms with E-state index in [4.69, 9.17) is 4.74 Å². The van der Waals surface area contributed by atoms with Crippen LogP contribution in [0, 0.1) is 11.8 Å². The lowest BCUT2D eigenvalue weighted by Gasteiger charge is -2.28. The molecule has 0 amide bonds. The predicted molar refractivity (Wildman–Crippen MR) is 144 cm³/mol. The molecular formula is C31H48N2O. The Morgan fingerprint density at radius 1 is 0.706 bits per heavy atom. The average molecular weight is 465 g/mol. The zero-order chi connectivity index (χ0) is 23.8. The molecule has 1 heterocycles. The monoisotopic (exact) mass is 464 g/mol. The van der Waals surface area contributed by atoms with E-state index in [0.29, 0.717) is 0 Å². The summed E-state index contributed by atoms with van der Waals surface area (Å²) in [6, 6.07) is 8.39. The second kappa shape index (κ2) is 15.9. The summed E-state index contributed by atoms with van der Waals surface area (Å²) in [5.74, 6) is 2.65. The number of rotatable bonds is 16. The zero-order valence-electron chi connectivity index (χ0n) is 21.9. The van der Waals surface area contributed by atoms with Crippen molar-refractivity contribution in [2.75, 3.05) is 6.61 Å². The van der Waals surface area contributed by atoms with Crippen LogP contribution in [0.25, 0.3) is 11.3 Å². The van der Waals surface area contributed by atoms with Gasteiger partial charge in [-0.2, -0.15) is 0 Å². The predicted octanol–water partition coefficient (Wildman–Crippen LogP) is 9.20. The van der Waals surface area contributed by atoms with Crippen LogP contribution in [0.15, 0.2) is 36.7 Å². The lowest BCUT2D eigenvalue weighted by atomic mass is 9.80. The Morgan fingerprint density at radius 3 is 2.03 bits per heavy atom. The van der Waals surface area contributed by atoms with Crippen LogP contribution in [0.5, 0.6) is 5.75 Å². The summed E-state index contributed by atoms with van der Waals surface area (Å²) in [7, 11) is 0. The first-order valence-corrected chi connectivity index (χ1v) is 14.3. The Kier molecular flexibility index (Phi) is 12.5. The molecule has 1 saturated carbocycles. The van der Waals surface area contributed by atoms with Gasteiger partial charge in [0.05, 0.1) is 24.2 Å². The van der Waals surface area contributed by atoms with E-state index in [1.807, 2.05) is 12.4 Å². The molecule has 1 aliphatic carbocycles. The summed E-state index contributed by atoms with van der Waals surface area (Å²) in [6.07, 6.45) is 25.3. The summed E-state index contributed by atoms with van der Waals surface area (Å²) >= 11 is 0. The Bertz CT molecular complexity index is 763. The summed E-state index contributed by atoms with van der Waals surface area (Å²) in [5, 5.41) is 0. The quantitative estimate of drug-likeness (QED) is 0.232. The molecule has 1 aliphatic rings. The fourth-order valence-electron chi connectivity index (χ4n) is 5.20. The van der Waals surface area contributed by atoms with Gasteiger partial charge in [-0.3, -0.25) is 9.97 Å². The third-order valence-corrected chi connectivity index (χ3v) is 7.56. The summed E-state index contributed by atoms with van der Waals surface area (Å²) in [6.45, 7) is 5.42. The molecule has 0 atom stereocenters. The average Bonchev–Trinajstić information content (AvgIpc) is 2.88. The normalized spacial score (nSPS) is 18.2. The molecule has 1 fully saturated rings. The highest BCUT2D eigenvalue weighted by Crippen LogP contribution is 2.32. The second-order valence-electron chi connectivity index (χ2n) is 10.5. The van der Waals surface area contributed by atoms with Crippen LogP contribution in [-0.2, 0) is 6.42 Å². The maximum absolute atomic E-state index is 6.14. The first-order valence-electron chi connectivity index (χ1n) is 14.3. The molecule has 1 aromatic heterocycles. The first-order chi connectivity index (χ1) is 16.8. The van der Waals surface area contributed by atoms with Gasteiger partial charge in [-0.05, 0) is 61.8 Å². The molecule has 3 heteroatoms. The molecule has 0 spiro atoms. The molecule has 3 rings (SSSR count). The van der Waals surface area contributed by atoms with Gasteiger partial charge in [0.15, 0.2) is 0 Å². The van der Waals surface area contributed by atoms with Crippen molar-refractivity contribution in [3.8, 4) is 17.0 Å². The number of benzene rings is 1. The van der Waals surface area contributed by atoms with Crippen LogP contribution in [-0.4, -0.2) is 16.6 Å². The highest BCUT2D eigenvalue weighted by molar-refractivity contribution is 5.58. The largest absolute Gasteiger partial charge is 0.493 e. The van der Waals surface area contributed by atoms with E-state index in [1.165, 1.54) is 96.3 Å². The molecule has 3 nitrogen and oxygen atoms in total. The van der Waals surface area contributed by atoms with Gasteiger partial charge in [0.1, 0.15) is 5.75 Å². The number of ether oxygens (including phenoxy) is 1. The zero-order valence-corrected chi connectivity index (χ0v) is 21.9. The van der Waals surface area contributed by atoms with Crippen molar-refractivity contribution in [2.45, 2.75) is 117 Å². The van der Waals surface area contributed by atoms with E-state index in [0.717, 1.165) is 47.6 Å². The van der Waals surface area contributed by atoms with Gasteiger partial charge in [-0.15, -0.1) is 0 Å². The van der Waals surface area contributed by atoms with Crippen LogP contribution in [0.1, 0.15) is 116 Å². The van der Waals surface area contributed by atoms with E-state index < -0.39 is 0 Å². The number of aryl methyl sites for hydroxylation is 1. The minimum absolute atomic E-state index is 0.719. The SMILES string of the molecule is CCCCCCCCCc1cnc(-c2ccc(OCC3CCC(CCCCC)CC3)cc2)cn1. The van der Waals surface area contributed by atoms with Gasteiger partial charge < -0.3 is 4.74 Å². The van der Waals surface area contributed by atoms with Crippen molar-refractivity contribution in [1.29, 1.82) is 0 Å². The maximum atomic E-state index is 6.14. The van der Waals surface area contributed by atoms with Crippen molar-refractivity contribution in [3.05, 3.63) is 42.4 Å². The van der Waals surface area contributed by atoms with Crippen molar-refractivity contribution in [3.63, 3.8) is 0 Å². The number of hydrogen-bond acceptors (Lipinski definition) is 3. The molecule has 0 unspecified atom stereocenters. The molecule has 0 radical (unpaired) electrons.